The first-order valence-electron chi connectivity index (χ1n) is 8.89. The molecule has 2 N–H and O–H groups in total. The molecule has 0 atom stereocenters. The van der Waals surface area contributed by atoms with Gasteiger partial charge in [-0.3, -0.25) is 0 Å². The molecule has 25 heavy (non-hydrogen) atoms. The van der Waals surface area contributed by atoms with Crippen molar-refractivity contribution in [1.82, 2.24) is 0 Å². The van der Waals surface area contributed by atoms with Crippen LogP contribution in [0.15, 0.2) is 24.8 Å². The van der Waals surface area contributed by atoms with Crippen molar-refractivity contribution in [3.8, 4) is 0 Å². The van der Waals surface area contributed by atoms with Gasteiger partial charge in [0, 0.05) is 11.6 Å². The van der Waals surface area contributed by atoms with Crippen LogP contribution in [0.1, 0.15) is 65.2 Å². The first-order valence-corrected chi connectivity index (χ1v) is 8.89. The normalized spacial score (nSPS) is 9.80. The summed E-state index contributed by atoms with van der Waals surface area (Å²) >= 11 is 0. The van der Waals surface area contributed by atoms with Gasteiger partial charge in [0.1, 0.15) is 0 Å². The minimum atomic E-state index is -1.20. The molecule has 0 aliphatic carbocycles. The Bertz CT molecular complexity index is 376. The quantitative estimate of drug-likeness (QED) is 0.227. The summed E-state index contributed by atoms with van der Waals surface area (Å²) in [6.45, 7) is 11.6. The van der Waals surface area contributed by atoms with E-state index in [9.17, 15) is 9.59 Å². The van der Waals surface area contributed by atoms with E-state index in [4.69, 9.17) is 14.9 Å². The number of hydrogen-bond donors (Lipinski definition) is 2. The summed E-state index contributed by atoms with van der Waals surface area (Å²) < 4.78 is 9.48. The number of unbranched alkanes of at least 4 members (excludes halogenated alkanes) is 4. The molecule has 0 aliphatic rings. The fourth-order valence-corrected chi connectivity index (χ4v) is 1.73. The maximum absolute atomic E-state index is 11.4. The molecule has 0 amide bonds. The minimum Gasteiger partial charge on any atom is -0.463 e. The van der Waals surface area contributed by atoms with Gasteiger partial charge < -0.3 is 19.7 Å². The Hall–Kier alpha value is -1.66. The first-order chi connectivity index (χ1) is 11.9. The summed E-state index contributed by atoms with van der Waals surface area (Å²) in [6, 6.07) is 0. The molecule has 0 bridgehead atoms. The van der Waals surface area contributed by atoms with Crippen molar-refractivity contribution in [2.75, 3.05) is 13.2 Å². The Morgan fingerprint density at radius 3 is 2.16 bits per heavy atom. The highest BCUT2D eigenvalue weighted by Gasteiger charge is 2.07. The van der Waals surface area contributed by atoms with Gasteiger partial charge in [0.25, 0.3) is 0 Å². The molecule has 0 fully saturated rings. The predicted octanol–water partition coefficient (Wildman–Crippen LogP) is 3.27. The Morgan fingerprint density at radius 2 is 1.68 bits per heavy atom. The van der Waals surface area contributed by atoms with Crippen LogP contribution < -0.4 is 0 Å². The fraction of sp³-hybridized carbons (Fsp3) is 0.684. The number of rotatable bonds is 13. The van der Waals surface area contributed by atoms with E-state index in [1.54, 1.807) is 6.92 Å². The van der Waals surface area contributed by atoms with E-state index < -0.39 is 6.29 Å². The Morgan fingerprint density at radius 1 is 1.04 bits per heavy atom. The zero-order valence-electron chi connectivity index (χ0n) is 15.7. The van der Waals surface area contributed by atoms with Crippen LogP contribution in [0.25, 0.3) is 0 Å². The SMILES string of the molecule is C=C(CCCCCCC(O)O)C(=O)OCCCC.C=CC(=O)OCC. The predicted molar refractivity (Wildman–Crippen MR) is 97.8 cm³/mol. The highest BCUT2D eigenvalue weighted by molar-refractivity contribution is 5.87. The smallest absolute Gasteiger partial charge is 0.333 e. The molecule has 0 saturated heterocycles. The third-order valence-electron chi connectivity index (χ3n) is 3.16. The molecule has 0 aromatic carbocycles. The highest BCUT2D eigenvalue weighted by Crippen LogP contribution is 2.11. The molecule has 6 heteroatoms. The lowest BCUT2D eigenvalue weighted by molar-refractivity contribution is -0.139. The number of esters is 2. The van der Waals surface area contributed by atoms with Crippen LogP contribution in [0.3, 0.4) is 0 Å². The Kier molecular flexibility index (Phi) is 19.1. The van der Waals surface area contributed by atoms with E-state index in [1.165, 1.54) is 0 Å². The molecule has 0 aliphatic heterocycles. The lowest BCUT2D eigenvalue weighted by Gasteiger charge is -2.07. The molecular weight excluding hydrogens is 324 g/mol. The third kappa shape index (κ3) is 20.3. The minimum absolute atomic E-state index is 0.283. The van der Waals surface area contributed by atoms with Gasteiger partial charge in [0.15, 0.2) is 6.29 Å². The van der Waals surface area contributed by atoms with Crippen LogP contribution in [-0.4, -0.2) is 41.7 Å². The maximum Gasteiger partial charge on any atom is 0.333 e. The topological polar surface area (TPSA) is 93.1 Å². The van der Waals surface area contributed by atoms with E-state index >= 15 is 0 Å². The molecule has 6 nitrogen and oxygen atoms in total. The monoisotopic (exact) mass is 358 g/mol. The summed E-state index contributed by atoms with van der Waals surface area (Å²) in [4.78, 5) is 21.5. The van der Waals surface area contributed by atoms with Crippen molar-refractivity contribution < 1.29 is 29.3 Å². The molecule has 0 saturated carbocycles. The second-order valence-electron chi connectivity index (χ2n) is 5.48. The Labute approximate surface area is 151 Å². The van der Waals surface area contributed by atoms with Crippen LogP contribution in [0.5, 0.6) is 0 Å². The van der Waals surface area contributed by atoms with Gasteiger partial charge in [-0.2, -0.15) is 0 Å². The third-order valence-corrected chi connectivity index (χ3v) is 3.16. The van der Waals surface area contributed by atoms with Crippen molar-refractivity contribution in [1.29, 1.82) is 0 Å². The van der Waals surface area contributed by atoms with E-state index in [2.05, 4.69) is 17.9 Å². The summed E-state index contributed by atoms with van der Waals surface area (Å²) in [7, 11) is 0. The second kappa shape index (κ2) is 18.7. The van der Waals surface area contributed by atoms with Gasteiger partial charge in [-0.15, -0.1) is 0 Å². The van der Waals surface area contributed by atoms with Crippen LogP contribution in [0, 0.1) is 0 Å². The zero-order chi connectivity index (χ0) is 19.5. The molecule has 0 heterocycles. The van der Waals surface area contributed by atoms with Gasteiger partial charge in [-0.1, -0.05) is 39.3 Å². The van der Waals surface area contributed by atoms with Crippen LogP contribution in [0.4, 0.5) is 0 Å². The molecule has 0 unspecified atom stereocenters. The summed E-state index contributed by atoms with van der Waals surface area (Å²) in [5.74, 6) is -0.642. The molecule has 0 aromatic heterocycles. The molecule has 0 spiro atoms. The van der Waals surface area contributed by atoms with Crippen LogP contribution >= 0.6 is 0 Å². The van der Waals surface area contributed by atoms with Gasteiger partial charge in [-0.05, 0) is 39.0 Å². The average Bonchev–Trinajstić information content (AvgIpc) is 2.58. The highest BCUT2D eigenvalue weighted by atomic mass is 16.5. The van der Waals surface area contributed by atoms with E-state index in [0.717, 1.165) is 44.6 Å². The lowest BCUT2D eigenvalue weighted by atomic mass is 10.1. The Balaban J connectivity index is 0. The van der Waals surface area contributed by atoms with Crippen LogP contribution in [-0.2, 0) is 19.1 Å². The fourth-order valence-electron chi connectivity index (χ4n) is 1.73. The molecule has 0 radical (unpaired) electrons. The van der Waals surface area contributed by atoms with E-state index in [1.807, 2.05) is 6.92 Å². The van der Waals surface area contributed by atoms with Gasteiger partial charge >= 0.3 is 11.9 Å². The van der Waals surface area contributed by atoms with Crippen molar-refractivity contribution in [3.63, 3.8) is 0 Å². The number of aliphatic hydroxyl groups excluding tert-OH is 1. The van der Waals surface area contributed by atoms with Crippen molar-refractivity contribution in [2.24, 2.45) is 0 Å². The van der Waals surface area contributed by atoms with Gasteiger partial charge in [0.2, 0.25) is 0 Å². The standard InChI is InChI=1S/C14H26O4.C5H8O2/c1-3-4-11-18-14(17)12(2)9-7-5-6-8-10-13(15)16;1-3-5(6)7-4-2/h13,15-16H,2-11H2,1H3;3H,1,4H2,2H3. The number of hydrogen-bond acceptors (Lipinski definition) is 6. The van der Waals surface area contributed by atoms with Gasteiger partial charge in [-0.25, -0.2) is 9.59 Å². The average molecular weight is 358 g/mol. The largest absolute Gasteiger partial charge is 0.463 e. The van der Waals surface area contributed by atoms with Crippen LogP contribution in [0.2, 0.25) is 0 Å². The molecule has 0 rings (SSSR count). The first kappa shape index (κ1) is 25.6. The molecule has 0 aromatic rings. The van der Waals surface area contributed by atoms with Gasteiger partial charge in [0.05, 0.1) is 13.2 Å². The van der Waals surface area contributed by atoms with Crippen molar-refractivity contribution >= 4 is 11.9 Å². The summed E-state index contributed by atoms with van der Waals surface area (Å²) in [6.07, 6.45) is 6.52. The number of ether oxygens (including phenoxy) is 2. The second-order valence-corrected chi connectivity index (χ2v) is 5.48. The van der Waals surface area contributed by atoms with E-state index in [-0.39, 0.29) is 11.9 Å². The maximum atomic E-state index is 11.4. The summed E-state index contributed by atoms with van der Waals surface area (Å²) in [5.41, 5.74) is 0.535. The number of carbonyl (C=O) groups is 2. The lowest BCUT2D eigenvalue weighted by Crippen LogP contribution is -2.08. The van der Waals surface area contributed by atoms with Crippen molar-refractivity contribution in [3.05, 3.63) is 24.8 Å². The number of aliphatic hydroxyl groups is 2. The summed E-state index contributed by atoms with van der Waals surface area (Å²) in [5, 5.41) is 17.3. The molecular formula is C19H34O6. The van der Waals surface area contributed by atoms with Crippen molar-refractivity contribution in [2.45, 2.75) is 71.5 Å². The molecule has 146 valence electrons. The number of carbonyl (C=O) groups excluding carboxylic acids is 2. The zero-order valence-corrected chi connectivity index (χ0v) is 15.7. The van der Waals surface area contributed by atoms with E-state index in [0.29, 0.717) is 31.6 Å².